The predicted molar refractivity (Wildman–Crippen MR) is 44.1 cm³/mol. The van der Waals surface area contributed by atoms with Crippen LogP contribution < -0.4 is 5.32 Å². The van der Waals surface area contributed by atoms with E-state index in [1.54, 1.807) is 0 Å². The first-order valence-corrected chi connectivity index (χ1v) is 4.42. The standard InChI is InChI=1S/C8H11F2NO4/c1-2-15-7(14)8(9,10)6(13)4-3-5(12)11-4/h4,6,13H,2-3H2,1H3,(H,11,12)/t4-,6+/m0/s1. The third kappa shape index (κ3) is 2.23. The predicted octanol–water partition coefficient (Wildman–Crippen LogP) is -0.566. The zero-order valence-electron chi connectivity index (χ0n) is 8.00. The highest BCUT2D eigenvalue weighted by molar-refractivity contribution is 5.84. The molecule has 86 valence electrons. The van der Waals surface area contributed by atoms with Crippen molar-refractivity contribution in [3.05, 3.63) is 0 Å². The van der Waals surface area contributed by atoms with Gasteiger partial charge in [-0.05, 0) is 6.92 Å². The van der Waals surface area contributed by atoms with Crippen molar-refractivity contribution in [2.45, 2.75) is 31.4 Å². The van der Waals surface area contributed by atoms with E-state index >= 15 is 0 Å². The minimum Gasteiger partial charge on any atom is -0.461 e. The van der Waals surface area contributed by atoms with Gasteiger partial charge in [-0.15, -0.1) is 0 Å². The minimum absolute atomic E-state index is 0.196. The fourth-order valence-corrected chi connectivity index (χ4v) is 1.18. The number of aliphatic hydroxyl groups excluding tert-OH is 1. The highest BCUT2D eigenvalue weighted by Crippen LogP contribution is 2.26. The fraction of sp³-hybridized carbons (Fsp3) is 0.750. The number of hydrogen-bond donors (Lipinski definition) is 2. The van der Waals surface area contributed by atoms with Crippen molar-refractivity contribution >= 4 is 11.9 Å². The van der Waals surface area contributed by atoms with Crippen LogP contribution in [-0.4, -0.2) is 41.7 Å². The Kier molecular flexibility index (Phi) is 3.23. The average Bonchev–Trinajstić information content (AvgIpc) is 2.12. The molecular formula is C8H11F2NO4. The van der Waals surface area contributed by atoms with Gasteiger partial charge in [0.25, 0.3) is 0 Å². The lowest BCUT2D eigenvalue weighted by molar-refractivity contribution is -0.194. The van der Waals surface area contributed by atoms with E-state index in [1.165, 1.54) is 6.92 Å². The van der Waals surface area contributed by atoms with Crippen LogP contribution in [-0.2, 0) is 14.3 Å². The van der Waals surface area contributed by atoms with Gasteiger partial charge in [0.1, 0.15) is 6.10 Å². The van der Waals surface area contributed by atoms with Crippen molar-refractivity contribution in [1.29, 1.82) is 0 Å². The number of hydrogen-bond acceptors (Lipinski definition) is 4. The third-order valence-electron chi connectivity index (χ3n) is 2.05. The Morgan fingerprint density at radius 3 is 2.73 bits per heavy atom. The third-order valence-corrected chi connectivity index (χ3v) is 2.05. The molecule has 0 aromatic carbocycles. The molecule has 1 saturated heterocycles. The Balaban J connectivity index is 2.59. The summed E-state index contributed by atoms with van der Waals surface area (Å²) in [6.07, 6.45) is -2.45. The molecule has 0 radical (unpaired) electrons. The quantitative estimate of drug-likeness (QED) is 0.494. The van der Waals surface area contributed by atoms with Gasteiger partial charge < -0.3 is 15.2 Å². The number of nitrogens with one attached hydrogen (secondary N) is 1. The largest absolute Gasteiger partial charge is 0.461 e. The molecule has 0 aromatic heterocycles. The van der Waals surface area contributed by atoms with Crippen LogP contribution >= 0.6 is 0 Å². The van der Waals surface area contributed by atoms with Crippen molar-refractivity contribution in [2.75, 3.05) is 6.61 Å². The van der Waals surface area contributed by atoms with Crippen LogP contribution in [0.25, 0.3) is 0 Å². The number of carbonyl (C=O) groups is 2. The van der Waals surface area contributed by atoms with Gasteiger partial charge in [-0.25, -0.2) is 4.79 Å². The van der Waals surface area contributed by atoms with Crippen LogP contribution in [0.4, 0.5) is 8.78 Å². The van der Waals surface area contributed by atoms with Crippen molar-refractivity contribution in [1.82, 2.24) is 5.32 Å². The molecule has 0 spiro atoms. The van der Waals surface area contributed by atoms with Crippen molar-refractivity contribution in [3.63, 3.8) is 0 Å². The maximum Gasteiger partial charge on any atom is 0.379 e. The topological polar surface area (TPSA) is 75.6 Å². The van der Waals surface area contributed by atoms with Crippen LogP contribution in [0.15, 0.2) is 0 Å². The Morgan fingerprint density at radius 1 is 1.80 bits per heavy atom. The Bertz CT molecular complexity index is 274. The van der Waals surface area contributed by atoms with Gasteiger partial charge in [0.2, 0.25) is 5.91 Å². The van der Waals surface area contributed by atoms with Gasteiger partial charge in [0, 0.05) is 6.42 Å². The van der Waals surface area contributed by atoms with E-state index in [9.17, 15) is 18.4 Å². The zero-order valence-corrected chi connectivity index (χ0v) is 8.00. The summed E-state index contributed by atoms with van der Waals surface area (Å²) >= 11 is 0. The van der Waals surface area contributed by atoms with E-state index in [-0.39, 0.29) is 13.0 Å². The Hall–Kier alpha value is -1.24. The van der Waals surface area contributed by atoms with Crippen LogP contribution in [0, 0.1) is 0 Å². The van der Waals surface area contributed by atoms with Gasteiger partial charge in [-0.3, -0.25) is 4.79 Å². The molecule has 0 saturated carbocycles. The van der Waals surface area contributed by atoms with Crippen molar-refractivity contribution in [3.8, 4) is 0 Å². The lowest BCUT2D eigenvalue weighted by Gasteiger charge is -2.34. The molecule has 15 heavy (non-hydrogen) atoms. The first kappa shape index (κ1) is 11.8. The molecule has 0 unspecified atom stereocenters. The summed E-state index contributed by atoms with van der Waals surface area (Å²) in [6.45, 7) is 1.18. The summed E-state index contributed by atoms with van der Waals surface area (Å²) in [4.78, 5) is 21.2. The molecule has 2 atom stereocenters. The number of aliphatic hydroxyl groups is 1. The number of β-lactam (4-membered cyclic amide) rings is 1. The SMILES string of the molecule is CCOC(=O)C(F)(F)[C@H](O)[C@@H]1CC(=O)N1. The van der Waals surface area contributed by atoms with E-state index in [1.807, 2.05) is 0 Å². The molecule has 1 amide bonds. The molecule has 5 nitrogen and oxygen atoms in total. The number of halogens is 2. The lowest BCUT2D eigenvalue weighted by Crippen LogP contribution is -2.62. The molecule has 7 heteroatoms. The number of ether oxygens (including phenoxy) is 1. The molecule has 1 heterocycles. The highest BCUT2D eigenvalue weighted by atomic mass is 19.3. The molecule has 0 aliphatic carbocycles. The van der Waals surface area contributed by atoms with E-state index in [0.29, 0.717) is 0 Å². The lowest BCUT2D eigenvalue weighted by atomic mass is 9.95. The number of carbonyl (C=O) groups excluding carboxylic acids is 2. The van der Waals surface area contributed by atoms with Crippen molar-refractivity contribution < 1.29 is 28.2 Å². The summed E-state index contributed by atoms with van der Waals surface area (Å²) in [5.41, 5.74) is 0. The Labute approximate surface area is 84.4 Å². The number of amides is 1. The number of esters is 1. The molecular weight excluding hydrogens is 212 g/mol. The summed E-state index contributed by atoms with van der Waals surface area (Å²) in [5.74, 6) is -6.20. The maximum absolute atomic E-state index is 13.1. The van der Waals surface area contributed by atoms with Gasteiger partial charge in [-0.1, -0.05) is 0 Å². The summed E-state index contributed by atoms with van der Waals surface area (Å²) in [7, 11) is 0. The van der Waals surface area contributed by atoms with Crippen LogP contribution in [0.5, 0.6) is 0 Å². The molecule has 0 bridgehead atoms. The van der Waals surface area contributed by atoms with E-state index in [0.717, 1.165) is 0 Å². The second kappa shape index (κ2) is 4.09. The van der Waals surface area contributed by atoms with E-state index in [4.69, 9.17) is 5.11 Å². The fourth-order valence-electron chi connectivity index (χ4n) is 1.18. The van der Waals surface area contributed by atoms with Crippen LogP contribution in [0.1, 0.15) is 13.3 Å². The highest BCUT2D eigenvalue weighted by Gasteiger charge is 2.54. The number of rotatable bonds is 4. The molecule has 1 fully saturated rings. The first-order chi connectivity index (χ1) is 6.89. The molecule has 0 aromatic rings. The van der Waals surface area contributed by atoms with E-state index < -0.39 is 29.9 Å². The average molecular weight is 223 g/mol. The summed E-state index contributed by atoms with van der Waals surface area (Å²) in [6, 6.07) is -1.09. The van der Waals surface area contributed by atoms with Crippen LogP contribution in [0.3, 0.4) is 0 Å². The van der Waals surface area contributed by atoms with Gasteiger partial charge in [0.15, 0.2) is 0 Å². The molecule has 1 aliphatic rings. The Morgan fingerprint density at radius 2 is 2.33 bits per heavy atom. The first-order valence-electron chi connectivity index (χ1n) is 4.42. The molecule has 2 N–H and O–H groups in total. The van der Waals surface area contributed by atoms with Crippen LogP contribution in [0.2, 0.25) is 0 Å². The maximum atomic E-state index is 13.1. The second-order valence-electron chi connectivity index (χ2n) is 3.17. The zero-order chi connectivity index (χ0) is 11.6. The minimum atomic E-state index is -3.99. The monoisotopic (exact) mass is 223 g/mol. The molecule has 1 rings (SSSR count). The number of alkyl halides is 2. The van der Waals surface area contributed by atoms with Gasteiger partial charge in [-0.2, -0.15) is 8.78 Å². The van der Waals surface area contributed by atoms with Gasteiger partial charge in [0.05, 0.1) is 12.6 Å². The van der Waals surface area contributed by atoms with Crippen molar-refractivity contribution in [2.24, 2.45) is 0 Å². The summed E-state index contributed by atoms with van der Waals surface area (Å²) in [5, 5.41) is 11.2. The summed E-state index contributed by atoms with van der Waals surface area (Å²) < 4.78 is 30.4. The smallest absolute Gasteiger partial charge is 0.379 e. The van der Waals surface area contributed by atoms with E-state index in [2.05, 4.69) is 10.1 Å². The normalized spacial score (nSPS) is 22.7. The van der Waals surface area contributed by atoms with Gasteiger partial charge >= 0.3 is 11.9 Å². The molecule has 1 aliphatic heterocycles. The second-order valence-corrected chi connectivity index (χ2v) is 3.17.